The van der Waals surface area contributed by atoms with Gasteiger partial charge in [0.1, 0.15) is 11.3 Å². The molecule has 136 valence electrons. The number of carboxylic acid groups (broad SMARTS) is 1. The molecule has 26 heavy (non-hydrogen) atoms. The minimum atomic E-state index is -1.19. The van der Waals surface area contributed by atoms with Gasteiger partial charge >= 0.3 is 5.97 Å². The Hall–Kier alpha value is -3.22. The molecular weight excluding hydrogens is 338 g/mol. The van der Waals surface area contributed by atoms with E-state index in [2.05, 4.69) is 6.92 Å². The number of unbranched alkanes of at least 4 members (excludes halogenated alkanes) is 2. The maximum atomic E-state index is 12.5. The first-order chi connectivity index (χ1) is 12.4. The summed E-state index contributed by atoms with van der Waals surface area (Å²) in [4.78, 5) is 34.1. The Morgan fingerprint density at radius 2 is 1.73 bits per heavy atom. The Kier molecular flexibility index (Phi) is 6.43. The van der Waals surface area contributed by atoms with Crippen molar-refractivity contribution in [3.8, 4) is 5.75 Å². The highest BCUT2D eigenvalue weighted by Gasteiger charge is 2.17. The van der Waals surface area contributed by atoms with E-state index in [-0.39, 0.29) is 28.1 Å². The highest BCUT2D eigenvalue weighted by molar-refractivity contribution is 6.10. The van der Waals surface area contributed by atoms with Gasteiger partial charge in [0.05, 0.1) is 11.5 Å². The van der Waals surface area contributed by atoms with Gasteiger partial charge in [0.2, 0.25) is 0 Å². The Morgan fingerprint density at radius 3 is 2.31 bits per heavy atom. The third kappa shape index (κ3) is 4.66. The lowest BCUT2D eigenvalue weighted by molar-refractivity contribution is -0.384. The van der Waals surface area contributed by atoms with E-state index in [4.69, 9.17) is 4.74 Å². The summed E-state index contributed by atoms with van der Waals surface area (Å²) in [6.45, 7) is 2.46. The van der Waals surface area contributed by atoms with Crippen LogP contribution in [0.2, 0.25) is 0 Å². The molecule has 0 unspecified atom stereocenters. The largest absolute Gasteiger partial charge is 0.493 e. The van der Waals surface area contributed by atoms with E-state index in [1.54, 1.807) is 0 Å². The second kappa shape index (κ2) is 8.75. The fourth-order valence-electron chi connectivity index (χ4n) is 2.40. The van der Waals surface area contributed by atoms with E-state index in [1.165, 1.54) is 42.5 Å². The molecule has 0 fully saturated rings. The van der Waals surface area contributed by atoms with Crippen LogP contribution in [0, 0.1) is 10.1 Å². The van der Waals surface area contributed by atoms with Gasteiger partial charge in [-0.05, 0) is 36.8 Å². The number of ketones is 1. The highest BCUT2D eigenvalue weighted by atomic mass is 16.6. The van der Waals surface area contributed by atoms with Crippen molar-refractivity contribution in [3.05, 3.63) is 69.3 Å². The summed E-state index contributed by atoms with van der Waals surface area (Å²) in [6.07, 6.45) is 2.83. The fraction of sp³-hybridized carbons (Fsp3) is 0.263. The SMILES string of the molecule is CCCCCOc1ccc(C(=O)c2ccc([N+](=O)[O-])cc2)cc1C(=O)O. The predicted molar refractivity (Wildman–Crippen MR) is 95.0 cm³/mol. The molecule has 7 heteroatoms. The van der Waals surface area contributed by atoms with Crippen LogP contribution in [0.4, 0.5) is 5.69 Å². The molecule has 0 aliphatic carbocycles. The molecule has 0 saturated carbocycles. The lowest BCUT2D eigenvalue weighted by atomic mass is 10.0. The van der Waals surface area contributed by atoms with Crippen LogP contribution < -0.4 is 4.74 Å². The number of benzene rings is 2. The van der Waals surface area contributed by atoms with Crippen LogP contribution in [-0.2, 0) is 0 Å². The standard InChI is InChI=1S/C19H19NO6/c1-2-3-4-11-26-17-10-7-14(12-16(17)19(22)23)18(21)13-5-8-15(9-6-13)20(24)25/h5-10,12H,2-4,11H2,1H3,(H,22,23). The molecular formula is C19H19NO6. The molecule has 0 amide bonds. The van der Waals surface area contributed by atoms with Gasteiger partial charge in [-0.25, -0.2) is 4.79 Å². The molecule has 2 rings (SSSR count). The minimum Gasteiger partial charge on any atom is -0.493 e. The maximum absolute atomic E-state index is 12.5. The number of rotatable bonds is 9. The molecule has 2 aromatic carbocycles. The molecule has 0 heterocycles. The smallest absolute Gasteiger partial charge is 0.339 e. The van der Waals surface area contributed by atoms with Gasteiger partial charge in [-0.1, -0.05) is 19.8 Å². The summed E-state index contributed by atoms with van der Waals surface area (Å²) < 4.78 is 5.52. The molecule has 0 radical (unpaired) electrons. The predicted octanol–water partition coefficient (Wildman–Crippen LogP) is 4.09. The van der Waals surface area contributed by atoms with Gasteiger partial charge in [0.15, 0.2) is 5.78 Å². The molecule has 0 spiro atoms. The summed E-state index contributed by atoms with van der Waals surface area (Å²) in [7, 11) is 0. The Labute approximate surface area is 150 Å². The van der Waals surface area contributed by atoms with E-state index in [0.29, 0.717) is 6.61 Å². The Balaban J connectivity index is 2.23. The van der Waals surface area contributed by atoms with Crippen molar-refractivity contribution < 1.29 is 24.4 Å². The van der Waals surface area contributed by atoms with Crippen LogP contribution in [0.5, 0.6) is 5.75 Å². The molecule has 7 nitrogen and oxygen atoms in total. The number of carbonyl (C=O) groups is 2. The minimum absolute atomic E-state index is 0.0886. The Bertz CT molecular complexity index is 813. The lowest BCUT2D eigenvalue weighted by Crippen LogP contribution is -2.08. The first-order valence-corrected chi connectivity index (χ1v) is 8.23. The van der Waals surface area contributed by atoms with E-state index < -0.39 is 16.7 Å². The number of nitro groups is 1. The normalized spacial score (nSPS) is 10.3. The van der Waals surface area contributed by atoms with Crippen LogP contribution in [0.1, 0.15) is 52.5 Å². The summed E-state index contributed by atoms with van der Waals surface area (Å²) in [6, 6.07) is 9.37. The van der Waals surface area contributed by atoms with Crippen LogP contribution in [-0.4, -0.2) is 28.4 Å². The van der Waals surface area contributed by atoms with Crippen molar-refractivity contribution >= 4 is 17.4 Å². The lowest BCUT2D eigenvalue weighted by Gasteiger charge is -2.10. The zero-order valence-corrected chi connectivity index (χ0v) is 14.3. The number of carboxylic acids is 1. The number of nitro benzene ring substituents is 1. The van der Waals surface area contributed by atoms with Crippen LogP contribution in [0.25, 0.3) is 0 Å². The number of hydrogen-bond acceptors (Lipinski definition) is 5. The zero-order chi connectivity index (χ0) is 19.1. The van der Waals surface area contributed by atoms with E-state index >= 15 is 0 Å². The van der Waals surface area contributed by atoms with Gasteiger partial charge in [-0.2, -0.15) is 0 Å². The topological polar surface area (TPSA) is 107 Å². The van der Waals surface area contributed by atoms with Gasteiger partial charge in [-0.15, -0.1) is 0 Å². The van der Waals surface area contributed by atoms with Gasteiger partial charge < -0.3 is 9.84 Å². The summed E-state index contributed by atoms with van der Waals surface area (Å²) in [5, 5.41) is 20.1. The molecule has 0 aliphatic rings. The van der Waals surface area contributed by atoms with Crippen molar-refractivity contribution in [3.63, 3.8) is 0 Å². The molecule has 1 N–H and O–H groups in total. The summed E-state index contributed by atoms with van der Waals surface area (Å²) in [5.74, 6) is -1.39. The van der Waals surface area contributed by atoms with E-state index in [1.807, 2.05) is 0 Å². The maximum Gasteiger partial charge on any atom is 0.339 e. The molecule has 2 aromatic rings. The number of non-ortho nitro benzene ring substituents is 1. The van der Waals surface area contributed by atoms with Crippen molar-refractivity contribution in [1.82, 2.24) is 0 Å². The number of ether oxygens (including phenoxy) is 1. The number of aromatic carboxylic acids is 1. The molecule has 0 aromatic heterocycles. The van der Waals surface area contributed by atoms with Crippen LogP contribution >= 0.6 is 0 Å². The zero-order valence-electron chi connectivity index (χ0n) is 14.3. The van der Waals surface area contributed by atoms with Crippen molar-refractivity contribution in [2.45, 2.75) is 26.2 Å². The first kappa shape index (κ1) is 19.1. The van der Waals surface area contributed by atoms with Crippen molar-refractivity contribution in [1.29, 1.82) is 0 Å². The third-order valence-electron chi connectivity index (χ3n) is 3.82. The average Bonchev–Trinajstić information content (AvgIpc) is 2.64. The number of nitrogens with zero attached hydrogens (tertiary/aromatic N) is 1. The van der Waals surface area contributed by atoms with Gasteiger partial charge in [0.25, 0.3) is 5.69 Å². The summed E-state index contributed by atoms with van der Waals surface area (Å²) in [5.41, 5.74) is 0.207. The average molecular weight is 357 g/mol. The number of hydrogen-bond donors (Lipinski definition) is 1. The number of carbonyl (C=O) groups excluding carboxylic acids is 1. The fourth-order valence-corrected chi connectivity index (χ4v) is 2.40. The van der Waals surface area contributed by atoms with Crippen LogP contribution in [0.15, 0.2) is 42.5 Å². The second-order valence-corrected chi connectivity index (χ2v) is 5.70. The highest BCUT2D eigenvalue weighted by Crippen LogP contribution is 2.23. The first-order valence-electron chi connectivity index (χ1n) is 8.23. The van der Waals surface area contributed by atoms with Crippen molar-refractivity contribution in [2.24, 2.45) is 0 Å². The summed E-state index contributed by atoms with van der Waals surface area (Å²) >= 11 is 0. The van der Waals surface area contributed by atoms with E-state index in [0.717, 1.165) is 19.3 Å². The second-order valence-electron chi connectivity index (χ2n) is 5.70. The molecule has 0 bridgehead atoms. The monoisotopic (exact) mass is 357 g/mol. The Morgan fingerprint density at radius 1 is 1.08 bits per heavy atom. The van der Waals surface area contributed by atoms with E-state index in [9.17, 15) is 24.8 Å². The van der Waals surface area contributed by atoms with Crippen molar-refractivity contribution in [2.75, 3.05) is 6.61 Å². The molecule has 0 atom stereocenters. The molecule has 0 aliphatic heterocycles. The van der Waals surface area contributed by atoms with Gasteiger partial charge in [-0.3, -0.25) is 14.9 Å². The third-order valence-corrected chi connectivity index (χ3v) is 3.82. The quantitative estimate of drug-likeness (QED) is 0.313. The van der Waals surface area contributed by atoms with Gasteiger partial charge in [0, 0.05) is 23.3 Å². The molecule has 0 saturated heterocycles. The van der Waals surface area contributed by atoms with Crippen LogP contribution in [0.3, 0.4) is 0 Å².